The summed E-state index contributed by atoms with van der Waals surface area (Å²) in [4.78, 5) is 41.1. The molecule has 0 saturated heterocycles. The first-order valence-corrected chi connectivity index (χ1v) is 13.3. The Morgan fingerprint density at radius 1 is 0.591 bits per heavy atom. The van der Waals surface area contributed by atoms with E-state index in [-0.39, 0.29) is 34.0 Å². The highest BCUT2D eigenvalue weighted by atomic mass is 16.5. The quantitative estimate of drug-likeness (QED) is 0.0656. The van der Waals surface area contributed by atoms with Crippen LogP contribution >= 0.6 is 0 Å². The number of allylic oxidation sites excluding steroid dienone is 2. The number of ether oxygens (including phenoxy) is 5. The number of hydrogen-bond donors (Lipinski definition) is 1. The Kier molecular flexibility index (Phi) is 10.2. The van der Waals surface area contributed by atoms with Crippen molar-refractivity contribution in [2.24, 2.45) is 0 Å². The van der Waals surface area contributed by atoms with Gasteiger partial charge in [0.05, 0.1) is 34.0 Å². The van der Waals surface area contributed by atoms with Crippen molar-refractivity contribution >= 4 is 29.1 Å². The SMILES string of the molecule is COC(=CC(=O)c1cc(O)cc(C(=O)C=C(OC)c2ccc(OC)cc2)c1C(=O)Oc1ccccc1)c1ccc(OC)cc1. The van der Waals surface area contributed by atoms with Gasteiger partial charge in [0, 0.05) is 34.4 Å². The number of methoxy groups -OCH3 is 4. The highest BCUT2D eigenvalue weighted by molar-refractivity contribution is 6.20. The third-order valence-electron chi connectivity index (χ3n) is 6.53. The van der Waals surface area contributed by atoms with Crippen molar-refractivity contribution in [3.63, 3.8) is 0 Å². The number of carbonyl (C=O) groups is 3. The van der Waals surface area contributed by atoms with Crippen LogP contribution in [-0.4, -0.2) is 51.1 Å². The molecule has 0 aliphatic rings. The molecule has 4 rings (SSSR count). The smallest absolute Gasteiger partial charge is 0.345 e. The van der Waals surface area contributed by atoms with Gasteiger partial charge in [0.15, 0.2) is 11.6 Å². The summed E-state index contributed by atoms with van der Waals surface area (Å²) in [6.07, 6.45) is 2.33. The van der Waals surface area contributed by atoms with E-state index in [1.54, 1.807) is 78.9 Å². The third kappa shape index (κ3) is 7.32. The summed E-state index contributed by atoms with van der Waals surface area (Å²) < 4.78 is 26.8. The molecule has 0 aromatic heterocycles. The fraction of sp³-hybridized carbons (Fsp3) is 0.114. The molecule has 0 fully saturated rings. The highest BCUT2D eigenvalue weighted by Crippen LogP contribution is 2.29. The lowest BCUT2D eigenvalue weighted by atomic mass is 9.93. The minimum atomic E-state index is -0.975. The van der Waals surface area contributed by atoms with Gasteiger partial charge < -0.3 is 28.8 Å². The van der Waals surface area contributed by atoms with E-state index in [4.69, 9.17) is 23.7 Å². The number of phenolic OH excluding ortho intramolecular Hbond substituents is 1. The molecule has 0 aliphatic carbocycles. The predicted octanol–water partition coefficient (Wildman–Crippen LogP) is 6.37. The van der Waals surface area contributed by atoms with Crippen molar-refractivity contribution in [1.82, 2.24) is 0 Å². The molecule has 0 saturated carbocycles. The number of benzene rings is 4. The van der Waals surface area contributed by atoms with Crippen LogP contribution in [0.25, 0.3) is 11.5 Å². The Bertz CT molecular complexity index is 1600. The summed E-state index contributed by atoms with van der Waals surface area (Å²) in [7, 11) is 5.84. The molecule has 0 radical (unpaired) electrons. The van der Waals surface area contributed by atoms with E-state index in [0.717, 1.165) is 24.3 Å². The van der Waals surface area contributed by atoms with E-state index in [1.807, 2.05) is 0 Å². The Morgan fingerprint density at radius 3 is 1.41 bits per heavy atom. The average Bonchev–Trinajstić information content (AvgIpc) is 3.06. The van der Waals surface area contributed by atoms with Crippen LogP contribution in [0.2, 0.25) is 0 Å². The van der Waals surface area contributed by atoms with E-state index < -0.39 is 23.3 Å². The molecule has 1 N–H and O–H groups in total. The van der Waals surface area contributed by atoms with Crippen molar-refractivity contribution in [1.29, 1.82) is 0 Å². The zero-order chi connectivity index (χ0) is 31.6. The normalized spacial score (nSPS) is 11.4. The van der Waals surface area contributed by atoms with Crippen molar-refractivity contribution in [2.75, 3.05) is 28.4 Å². The summed E-state index contributed by atoms with van der Waals surface area (Å²) >= 11 is 0. The summed E-state index contributed by atoms with van der Waals surface area (Å²) in [6.45, 7) is 0. The summed E-state index contributed by atoms with van der Waals surface area (Å²) in [5.41, 5.74) is 0.227. The van der Waals surface area contributed by atoms with Crippen LogP contribution < -0.4 is 14.2 Å². The first-order valence-electron chi connectivity index (χ1n) is 13.3. The minimum Gasteiger partial charge on any atom is -0.508 e. The Balaban J connectivity index is 1.84. The molecule has 0 bridgehead atoms. The van der Waals surface area contributed by atoms with Gasteiger partial charge in [0.2, 0.25) is 0 Å². The van der Waals surface area contributed by atoms with Gasteiger partial charge in [-0.15, -0.1) is 0 Å². The zero-order valence-corrected chi connectivity index (χ0v) is 24.5. The number of esters is 1. The molecule has 0 aliphatic heterocycles. The largest absolute Gasteiger partial charge is 0.508 e. The topological polar surface area (TPSA) is 118 Å². The highest BCUT2D eigenvalue weighted by Gasteiger charge is 2.27. The molecule has 224 valence electrons. The van der Waals surface area contributed by atoms with Crippen LogP contribution in [0.1, 0.15) is 42.2 Å². The molecule has 0 amide bonds. The van der Waals surface area contributed by atoms with E-state index in [0.29, 0.717) is 22.6 Å². The van der Waals surface area contributed by atoms with E-state index in [9.17, 15) is 19.5 Å². The Labute approximate surface area is 254 Å². The van der Waals surface area contributed by atoms with Crippen molar-refractivity contribution in [3.8, 4) is 23.0 Å². The second-order valence-corrected chi connectivity index (χ2v) is 9.23. The van der Waals surface area contributed by atoms with Gasteiger partial charge in [-0.2, -0.15) is 0 Å². The number of carbonyl (C=O) groups excluding carboxylic acids is 3. The average molecular weight is 595 g/mol. The number of ketones is 2. The lowest BCUT2D eigenvalue weighted by molar-refractivity contribution is 0.0726. The maximum atomic E-state index is 13.7. The minimum absolute atomic E-state index is 0.178. The Morgan fingerprint density at radius 2 is 1.02 bits per heavy atom. The molecular formula is C35H30O9. The molecule has 9 nitrogen and oxygen atoms in total. The zero-order valence-electron chi connectivity index (χ0n) is 24.5. The number of phenols is 1. The van der Waals surface area contributed by atoms with Crippen molar-refractivity contribution < 1.29 is 43.2 Å². The first kappa shape index (κ1) is 31.1. The number of aromatic hydroxyl groups is 1. The van der Waals surface area contributed by atoms with Crippen LogP contribution in [0.3, 0.4) is 0 Å². The van der Waals surface area contributed by atoms with Crippen LogP contribution in [0.4, 0.5) is 0 Å². The maximum absolute atomic E-state index is 13.7. The molecular weight excluding hydrogens is 564 g/mol. The van der Waals surface area contributed by atoms with Gasteiger partial charge in [-0.25, -0.2) is 4.79 Å². The van der Waals surface area contributed by atoms with Gasteiger partial charge in [0.25, 0.3) is 0 Å². The van der Waals surface area contributed by atoms with Crippen LogP contribution in [0, 0.1) is 0 Å². The molecule has 4 aromatic rings. The van der Waals surface area contributed by atoms with Gasteiger partial charge in [-0.1, -0.05) is 18.2 Å². The van der Waals surface area contributed by atoms with Crippen LogP contribution in [0.5, 0.6) is 23.0 Å². The van der Waals surface area contributed by atoms with Gasteiger partial charge in [-0.3, -0.25) is 9.59 Å². The fourth-order valence-corrected chi connectivity index (χ4v) is 4.31. The monoisotopic (exact) mass is 594 g/mol. The Hall–Kier alpha value is -5.83. The standard InChI is InChI=1S/C35H30O9/c1-40-25-14-10-22(11-15-25)32(42-3)20-30(37)28-18-24(36)19-29(34(28)35(39)44-27-8-6-5-7-9-27)31(38)21-33(43-4)23-12-16-26(41-2)17-13-23/h5-21,36H,1-4H3. The van der Waals surface area contributed by atoms with E-state index in [1.165, 1.54) is 28.4 Å². The van der Waals surface area contributed by atoms with Gasteiger partial charge in [-0.05, 0) is 72.8 Å². The summed E-state index contributed by atoms with van der Waals surface area (Å²) in [5.74, 6) is -1.05. The fourth-order valence-electron chi connectivity index (χ4n) is 4.31. The number of hydrogen-bond acceptors (Lipinski definition) is 9. The lowest BCUT2D eigenvalue weighted by Gasteiger charge is -2.14. The van der Waals surface area contributed by atoms with Gasteiger partial charge >= 0.3 is 5.97 Å². The third-order valence-corrected chi connectivity index (χ3v) is 6.53. The first-order chi connectivity index (χ1) is 21.3. The van der Waals surface area contributed by atoms with Crippen LogP contribution in [0.15, 0.2) is 103 Å². The number of rotatable bonds is 12. The second-order valence-electron chi connectivity index (χ2n) is 9.23. The molecule has 0 unspecified atom stereocenters. The van der Waals surface area contributed by atoms with Gasteiger partial charge in [0.1, 0.15) is 34.5 Å². The molecule has 0 spiro atoms. The van der Waals surface area contributed by atoms with Crippen molar-refractivity contribution in [3.05, 3.63) is 131 Å². The summed E-state index contributed by atoms with van der Waals surface area (Å²) in [6, 6.07) is 24.0. The number of para-hydroxylation sites is 1. The second kappa shape index (κ2) is 14.4. The molecule has 44 heavy (non-hydrogen) atoms. The lowest BCUT2D eigenvalue weighted by Crippen LogP contribution is -2.19. The van der Waals surface area contributed by atoms with Crippen LogP contribution in [-0.2, 0) is 9.47 Å². The van der Waals surface area contributed by atoms with E-state index >= 15 is 0 Å². The van der Waals surface area contributed by atoms with E-state index in [2.05, 4.69) is 0 Å². The molecule has 9 heteroatoms. The predicted molar refractivity (Wildman–Crippen MR) is 164 cm³/mol. The summed E-state index contributed by atoms with van der Waals surface area (Å²) in [5, 5.41) is 10.6. The molecule has 0 atom stereocenters. The molecule has 0 heterocycles. The molecule has 4 aromatic carbocycles. The maximum Gasteiger partial charge on any atom is 0.345 e. The van der Waals surface area contributed by atoms with Crippen molar-refractivity contribution in [2.45, 2.75) is 0 Å².